The van der Waals surface area contributed by atoms with Gasteiger partial charge in [0.05, 0.1) is 5.56 Å². The summed E-state index contributed by atoms with van der Waals surface area (Å²) in [5.41, 5.74) is 3.96. The summed E-state index contributed by atoms with van der Waals surface area (Å²) in [4.78, 5) is 45.5. The molecule has 0 atom stereocenters. The van der Waals surface area contributed by atoms with E-state index >= 15 is 0 Å². The molecule has 0 bridgehead atoms. The molecular formula is C25H27F3N4O4. The zero-order valence-corrected chi connectivity index (χ0v) is 19.8. The number of nitrogens with zero attached hydrogens (tertiary/aromatic N) is 3. The lowest BCUT2D eigenvalue weighted by atomic mass is 9.98. The molecule has 192 valence electrons. The fourth-order valence-corrected chi connectivity index (χ4v) is 4.90. The number of piperidine rings is 1. The number of nitrogens with two attached hydrogens (primary N) is 1. The molecule has 11 heteroatoms. The van der Waals surface area contributed by atoms with E-state index < -0.39 is 35.4 Å². The number of alkyl halides is 3. The first-order valence-corrected chi connectivity index (χ1v) is 11.8. The Bertz CT molecular complexity index is 1170. The van der Waals surface area contributed by atoms with Crippen LogP contribution in [0.15, 0.2) is 30.3 Å². The monoisotopic (exact) mass is 504 g/mol. The summed E-state index contributed by atoms with van der Waals surface area (Å²) in [5, 5.41) is 0. The molecular weight excluding hydrogens is 477 g/mol. The van der Waals surface area contributed by atoms with Crippen LogP contribution in [-0.4, -0.2) is 65.0 Å². The SMILES string of the molecule is Cc1cc(-c2cccc(C(F)(F)F)c2)c(C(=O)OC(N)=O)nc1C(=O)N1CCC(N2CCCC2)CC1. The van der Waals surface area contributed by atoms with Crippen molar-refractivity contribution in [3.8, 4) is 11.1 Å². The van der Waals surface area contributed by atoms with Crippen LogP contribution in [0.1, 0.15) is 57.8 Å². The fourth-order valence-electron chi connectivity index (χ4n) is 4.90. The maximum Gasteiger partial charge on any atom is 0.416 e. The van der Waals surface area contributed by atoms with E-state index in [-0.39, 0.29) is 16.8 Å². The van der Waals surface area contributed by atoms with E-state index in [1.807, 2.05) is 0 Å². The summed E-state index contributed by atoms with van der Waals surface area (Å²) in [6.45, 7) is 4.79. The van der Waals surface area contributed by atoms with Gasteiger partial charge in [-0.15, -0.1) is 0 Å². The van der Waals surface area contributed by atoms with Crippen molar-refractivity contribution in [2.75, 3.05) is 26.2 Å². The molecule has 0 aliphatic carbocycles. The van der Waals surface area contributed by atoms with Gasteiger partial charge in [0.25, 0.3) is 5.91 Å². The molecule has 3 heterocycles. The topological polar surface area (TPSA) is 106 Å². The van der Waals surface area contributed by atoms with Crippen molar-refractivity contribution in [3.63, 3.8) is 0 Å². The Kier molecular flexibility index (Phi) is 7.30. The summed E-state index contributed by atoms with van der Waals surface area (Å²) in [6.07, 6.45) is -1.99. The number of rotatable bonds is 4. The van der Waals surface area contributed by atoms with Gasteiger partial charge in [0.1, 0.15) is 5.69 Å². The molecule has 2 fully saturated rings. The highest BCUT2D eigenvalue weighted by Crippen LogP contribution is 2.34. The second kappa shape index (κ2) is 10.3. The number of amides is 2. The quantitative estimate of drug-likeness (QED) is 0.498. The maximum atomic E-state index is 13.3. The molecule has 8 nitrogen and oxygen atoms in total. The number of likely N-dealkylation sites (tertiary alicyclic amines) is 2. The summed E-state index contributed by atoms with van der Waals surface area (Å²) in [7, 11) is 0. The molecule has 0 saturated carbocycles. The Morgan fingerprint density at radius 3 is 2.31 bits per heavy atom. The largest absolute Gasteiger partial charge is 0.416 e. The number of primary amides is 1. The standard InChI is InChI=1S/C25H27F3N4O4/c1-15-13-19(16-5-4-6-17(14-16)25(26,27)28)21(23(34)36-24(29)35)30-20(15)22(33)32-11-7-18(8-12-32)31-9-2-3-10-31/h4-6,13-14,18H,2-3,7-12H2,1H3,(H2,29,35). The van der Waals surface area contributed by atoms with E-state index in [0.29, 0.717) is 24.7 Å². The number of carbonyl (C=O) groups excluding carboxylic acids is 3. The smallest absolute Gasteiger partial charge is 0.372 e. The van der Waals surface area contributed by atoms with Crippen LogP contribution in [-0.2, 0) is 10.9 Å². The van der Waals surface area contributed by atoms with E-state index in [1.54, 1.807) is 11.8 Å². The van der Waals surface area contributed by atoms with Gasteiger partial charge < -0.3 is 20.3 Å². The molecule has 1 aromatic heterocycles. The second-order valence-electron chi connectivity index (χ2n) is 9.10. The van der Waals surface area contributed by atoms with Crippen molar-refractivity contribution in [2.24, 2.45) is 5.73 Å². The van der Waals surface area contributed by atoms with Crippen LogP contribution in [0.2, 0.25) is 0 Å². The minimum Gasteiger partial charge on any atom is -0.372 e. The van der Waals surface area contributed by atoms with E-state index in [9.17, 15) is 27.6 Å². The first kappa shape index (κ1) is 25.6. The lowest BCUT2D eigenvalue weighted by Gasteiger charge is -2.36. The van der Waals surface area contributed by atoms with E-state index in [4.69, 9.17) is 5.73 Å². The van der Waals surface area contributed by atoms with Crippen molar-refractivity contribution in [2.45, 2.75) is 44.8 Å². The number of aryl methyl sites for hydroxylation is 1. The molecule has 2 amide bonds. The van der Waals surface area contributed by atoms with Crippen LogP contribution in [0.5, 0.6) is 0 Å². The van der Waals surface area contributed by atoms with Crippen molar-refractivity contribution in [1.82, 2.24) is 14.8 Å². The second-order valence-corrected chi connectivity index (χ2v) is 9.10. The normalized spacial score (nSPS) is 17.3. The predicted molar refractivity (Wildman–Crippen MR) is 124 cm³/mol. The molecule has 2 saturated heterocycles. The Hall–Kier alpha value is -3.47. The summed E-state index contributed by atoms with van der Waals surface area (Å²) in [6, 6.07) is 6.16. The minimum atomic E-state index is -4.61. The molecule has 2 aliphatic heterocycles. The zero-order valence-electron chi connectivity index (χ0n) is 19.8. The van der Waals surface area contributed by atoms with Crippen LogP contribution in [0.4, 0.5) is 18.0 Å². The summed E-state index contributed by atoms with van der Waals surface area (Å²) < 4.78 is 44.3. The first-order chi connectivity index (χ1) is 17.0. The maximum absolute atomic E-state index is 13.3. The Morgan fingerprint density at radius 1 is 1.03 bits per heavy atom. The number of esters is 1. The Balaban J connectivity index is 1.66. The lowest BCUT2D eigenvalue weighted by Crippen LogP contribution is -2.46. The van der Waals surface area contributed by atoms with Gasteiger partial charge in [0, 0.05) is 24.7 Å². The summed E-state index contributed by atoms with van der Waals surface area (Å²) in [5.74, 6) is -1.65. The lowest BCUT2D eigenvalue weighted by molar-refractivity contribution is -0.137. The van der Waals surface area contributed by atoms with Crippen molar-refractivity contribution < 1.29 is 32.3 Å². The van der Waals surface area contributed by atoms with Crippen molar-refractivity contribution in [1.29, 1.82) is 0 Å². The van der Waals surface area contributed by atoms with Gasteiger partial charge in [-0.3, -0.25) is 4.79 Å². The van der Waals surface area contributed by atoms with Crippen LogP contribution in [0.3, 0.4) is 0 Å². The highest BCUT2D eigenvalue weighted by atomic mass is 19.4. The van der Waals surface area contributed by atoms with Gasteiger partial charge in [-0.1, -0.05) is 12.1 Å². The number of hydrogen-bond acceptors (Lipinski definition) is 6. The van der Waals surface area contributed by atoms with E-state index in [2.05, 4.69) is 14.6 Å². The molecule has 1 aromatic carbocycles. The number of ether oxygens (including phenoxy) is 1. The number of hydrogen-bond donors (Lipinski definition) is 1. The number of aromatic nitrogens is 1. The molecule has 0 unspecified atom stereocenters. The van der Waals surface area contributed by atoms with Gasteiger partial charge in [-0.2, -0.15) is 13.2 Å². The molecule has 0 spiro atoms. The van der Waals surface area contributed by atoms with E-state index in [0.717, 1.165) is 38.1 Å². The molecule has 0 radical (unpaired) electrons. The molecule has 4 rings (SSSR count). The van der Waals surface area contributed by atoms with Crippen LogP contribution in [0.25, 0.3) is 11.1 Å². The summed E-state index contributed by atoms with van der Waals surface area (Å²) >= 11 is 0. The highest BCUT2D eigenvalue weighted by Gasteiger charge is 2.33. The highest BCUT2D eigenvalue weighted by molar-refractivity contribution is 6.02. The van der Waals surface area contributed by atoms with Gasteiger partial charge in [-0.05, 0) is 75.0 Å². The Labute approximate surface area is 206 Å². The number of pyridine rings is 1. The average Bonchev–Trinajstić information content (AvgIpc) is 3.38. The number of benzene rings is 1. The third-order valence-electron chi connectivity index (χ3n) is 6.71. The third kappa shape index (κ3) is 5.51. The number of carbonyl (C=O) groups is 3. The van der Waals surface area contributed by atoms with Crippen molar-refractivity contribution >= 4 is 18.0 Å². The fraction of sp³-hybridized carbons (Fsp3) is 0.440. The van der Waals surface area contributed by atoms with E-state index in [1.165, 1.54) is 31.0 Å². The Morgan fingerprint density at radius 2 is 1.69 bits per heavy atom. The molecule has 2 N–H and O–H groups in total. The third-order valence-corrected chi connectivity index (χ3v) is 6.71. The molecule has 2 aromatic rings. The van der Waals surface area contributed by atoms with Crippen LogP contribution < -0.4 is 5.73 Å². The van der Waals surface area contributed by atoms with Gasteiger partial charge in [-0.25, -0.2) is 14.6 Å². The predicted octanol–water partition coefficient (Wildman–Crippen LogP) is 4.01. The van der Waals surface area contributed by atoms with Gasteiger partial charge in [0.2, 0.25) is 0 Å². The number of halogens is 3. The average molecular weight is 505 g/mol. The van der Waals surface area contributed by atoms with Crippen LogP contribution >= 0.6 is 0 Å². The van der Waals surface area contributed by atoms with Gasteiger partial charge >= 0.3 is 18.2 Å². The van der Waals surface area contributed by atoms with Gasteiger partial charge in [0.15, 0.2) is 5.69 Å². The molecule has 36 heavy (non-hydrogen) atoms. The minimum absolute atomic E-state index is 0.00542. The molecule has 2 aliphatic rings. The zero-order chi connectivity index (χ0) is 26.0. The van der Waals surface area contributed by atoms with Crippen LogP contribution in [0, 0.1) is 6.92 Å². The van der Waals surface area contributed by atoms with Crippen molar-refractivity contribution in [3.05, 3.63) is 52.8 Å². The first-order valence-electron chi connectivity index (χ1n) is 11.8.